The van der Waals surface area contributed by atoms with E-state index in [0.29, 0.717) is 6.42 Å². The summed E-state index contributed by atoms with van der Waals surface area (Å²) in [6, 6.07) is 0. The molecule has 1 rings (SSSR count). The van der Waals surface area contributed by atoms with Gasteiger partial charge in [-0.05, 0) is 18.6 Å². The summed E-state index contributed by atoms with van der Waals surface area (Å²) in [5.74, 6) is -2.33. The Morgan fingerprint density at radius 1 is 1.50 bits per heavy atom. The molecule has 0 aromatic carbocycles. The third kappa shape index (κ3) is 2.21. The Morgan fingerprint density at radius 2 is 2.00 bits per heavy atom. The third-order valence-corrected chi connectivity index (χ3v) is 1.63. The molecule has 0 heterocycles. The van der Waals surface area contributed by atoms with Gasteiger partial charge in [-0.25, -0.2) is 8.78 Å². The maximum Gasteiger partial charge on any atom is 0.248 e. The molecule has 0 amide bonds. The molecule has 0 aromatic heterocycles. The topological polar surface area (TPSA) is 23.9 Å². The van der Waals surface area contributed by atoms with Crippen LogP contribution in [0.3, 0.4) is 0 Å². The molecule has 4 heteroatoms. The van der Waals surface area contributed by atoms with Crippen LogP contribution in [0.15, 0.2) is 0 Å². The highest BCUT2D eigenvalue weighted by molar-refractivity contribution is 5.85. The van der Waals surface area contributed by atoms with Gasteiger partial charge in [0.2, 0.25) is 5.92 Å². The fraction of sp³-hybridized carbons (Fsp3) is 0.833. The van der Waals surface area contributed by atoms with Gasteiger partial charge >= 0.3 is 0 Å². The Labute approximate surface area is 64.7 Å². The Balaban J connectivity index is 0.000000810. The minimum absolute atomic E-state index is 0. The van der Waals surface area contributed by atoms with Crippen molar-refractivity contribution in [3.8, 4) is 0 Å². The first-order chi connectivity index (χ1) is 4.14. The summed E-state index contributed by atoms with van der Waals surface area (Å²) >= 11 is 0. The molecule has 1 fully saturated rings. The number of rotatable bonds is 2. The van der Waals surface area contributed by atoms with E-state index in [1.807, 2.05) is 0 Å². The highest BCUT2D eigenvalue weighted by atomic mass is 35.5. The van der Waals surface area contributed by atoms with Gasteiger partial charge in [0.25, 0.3) is 0 Å². The number of hydrogen-bond donors (Lipinski definition) is 1. The van der Waals surface area contributed by atoms with Gasteiger partial charge in [0.15, 0.2) is 0 Å². The quantitative estimate of drug-likeness (QED) is 0.615. The van der Waals surface area contributed by atoms with Crippen molar-refractivity contribution in [3.63, 3.8) is 0 Å². The maximum absolute atomic E-state index is 12.0. The van der Waals surface area contributed by atoms with Gasteiger partial charge in [-0.15, -0.1) is 12.4 Å². The molecule has 0 atom stereocenters. The van der Waals surface area contributed by atoms with Crippen LogP contribution in [0.25, 0.3) is 0 Å². The second kappa shape index (κ2) is 3.28. The van der Waals surface area contributed by atoms with E-state index >= 15 is 0 Å². The predicted molar refractivity (Wildman–Crippen MR) is 38.3 cm³/mol. The van der Waals surface area contributed by atoms with Gasteiger partial charge in [-0.2, -0.15) is 0 Å². The van der Waals surface area contributed by atoms with Crippen molar-refractivity contribution in [3.05, 3.63) is 0 Å². The van der Waals surface area contributed by atoms with Gasteiger partial charge in [0.1, 0.15) is 0 Å². The van der Waals surface area contributed by atoms with E-state index in [0.717, 1.165) is 0 Å². The van der Waals surface area contributed by atoms with Crippen molar-refractivity contribution >= 4 is 18.6 Å². The molecule has 0 aromatic rings. The minimum atomic E-state index is -2.41. The molecule has 1 aliphatic rings. The molecule has 0 radical (unpaired) electrons. The SMILES string of the molecule is Cl.N=CCC1CC(F)(F)C1. The summed E-state index contributed by atoms with van der Waals surface area (Å²) in [6.45, 7) is 0. The van der Waals surface area contributed by atoms with E-state index in [-0.39, 0.29) is 31.2 Å². The normalized spacial score (nSPS) is 22.6. The minimum Gasteiger partial charge on any atom is -0.313 e. The van der Waals surface area contributed by atoms with Crippen LogP contribution in [-0.2, 0) is 0 Å². The van der Waals surface area contributed by atoms with Gasteiger partial charge in [0.05, 0.1) is 0 Å². The zero-order valence-electron chi connectivity index (χ0n) is 5.44. The van der Waals surface area contributed by atoms with Crippen LogP contribution in [0, 0.1) is 11.3 Å². The molecule has 10 heavy (non-hydrogen) atoms. The smallest absolute Gasteiger partial charge is 0.248 e. The Kier molecular flexibility index (Phi) is 3.22. The largest absolute Gasteiger partial charge is 0.313 e. The lowest BCUT2D eigenvalue weighted by atomic mass is 9.79. The highest BCUT2D eigenvalue weighted by Gasteiger charge is 2.44. The Hall–Kier alpha value is -0.180. The number of halogens is 3. The van der Waals surface area contributed by atoms with Crippen LogP contribution in [0.5, 0.6) is 0 Å². The van der Waals surface area contributed by atoms with Crippen LogP contribution in [0.2, 0.25) is 0 Å². The van der Waals surface area contributed by atoms with Crippen molar-refractivity contribution < 1.29 is 8.78 Å². The summed E-state index contributed by atoms with van der Waals surface area (Å²) in [7, 11) is 0. The van der Waals surface area contributed by atoms with E-state index in [2.05, 4.69) is 0 Å². The van der Waals surface area contributed by atoms with E-state index in [1.54, 1.807) is 0 Å². The standard InChI is InChI=1S/C6H9F2N.ClH/c7-6(8)3-5(4-6)1-2-9;/h2,5,9H,1,3-4H2;1H. The van der Waals surface area contributed by atoms with Gasteiger partial charge < -0.3 is 5.41 Å². The van der Waals surface area contributed by atoms with Gasteiger partial charge in [0, 0.05) is 12.8 Å². The lowest BCUT2D eigenvalue weighted by Crippen LogP contribution is -2.35. The first-order valence-corrected chi connectivity index (χ1v) is 3.01. The summed E-state index contributed by atoms with van der Waals surface area (Å²) in [4.78, 5) is 0. The van der Waals surface area contributed by atoms with Crippen LogP contribution in [-0.4, -0.2) is 12.1 Å². The number of alkyl halides is 2. The van der Waals surface area contributed by atoms with Crippen molar-refractivity contribution in [2.75, 3.05) is 0 Å². The highest BCUT2D eigenvalue weighted by Crippen LogP contribution is 2.43. The van der Waals surface area contributed by atoms with E-state index < -0.39 is 5.92 Å². The van der Waals surface area contributed by atoms with Gasteiger partial charge in [-0.1, -0.05) is 0 Å². The summed E-state index contributed by atoms with van der Waals surface area (Å²) < 4.78 is 24.1. The molecule has 0 bridgehead atoms. The lowest BCUT2D eigenvalue weighted by Gasteiger charge is -2.33. The molecule has 0 spiro atoms. The summed E-state index contributed by atoms with van der Waals surface area (Å²) in [5, 5.41) is 6.63. The monoisotopic (exact) mass is 169 g/mol. The lowest BCUT2D eigenvalue weighted by molar-refractivity contribution is -0.107. The van der Waals surface area contributed by atoms with Crippen molar-refractivity contribution in [2.45, 2.75) is 25.2 Å². The maximum atomic E-state index is 12.0. The van der Waals surface area contributed by atoms with Crippen molar-refractivity contribution in [1.29, 1.82) is 5.41 Å². The number of nitrogens with one attached hydrogen (secondary N) is 1. The predicted octanol–water partition coefficient (Wildman–Crippen LogP) is 2.49. The average molecular weight is 170 g/mol. The summed E-state index contributed by atoms with van der Waals surface area (Å²) in [6.07, 6.45) is 1.71. The first-order valence-electron chi connectivity index (χ1n) is 3.01. The molecule has 1 nitrogen and oxygen atoms in total. The zero-order chi connectivity index (χ0) is 6.91. The molecule has 0 unspecified atom stereocenters. The van der Waals surface area contributed by atoms with Crippen LogP contribution in [0.4, 0.5) is 8.78 Å². The van der Waals surface area contributed by atoms with Gasteiger partial charge in [-0.3, -0.25) is 0 Å². The second-order valence-corrected chi connectivity index (χ2v) is 2.57. The fourth-order valence-electron chi connectivity index (χ4n) is 1.12. The molecular formula is C6H10ClF2N. The summed E-state index contributed by atoms with van der Waals surface area (Å²) in [5.41, 5.74) is 0. The Morgan fingerprint density at radius 3 is 2.30 bits per heavy atom. The fourth-order valence-corrected chi connectivity index (χ4v) is 1.12. The average Bonchev–Trinajstić information content (AvgIpc) is 1.62. The molecule has 60 valence electrons. The second-order valence-electron chi connectivity index (χ2n) is 2.57. The van der Waals surface area contributed by atoms with Crippen LogP contribution < -0.4 is 0 Å². The van der Waals surface area contributed by atoms with Crippen LogP contribution >= 0.6 is 12.4 Å². The molecular weight excluding hydrogens is 160 g/mol. The third-order valence-electron chi connectivity index (χ3n) is 1.63. The van der Waals surface area contributed by atoms with E-state index in [4.69, 9.17) is 5.41 Å². The first kappa shape index (κ1) is 9.82. The van der Waals surface area contributed by atoms with Crippen LogP contribution in [0.1, 0.15) is 19.3 Å². The molecule has 1 N–H and O–H groups in total. The van der Waals surface area contributed by atoms with E-state index in [9.17, 15) is 8.78 Å². The molecule has 0 aliphatic heterocycles. The Bertz CT molecular complexity index is 119. The zero-order valence-corrected chi connectivity index (χ0v) is 6.26. The van der Waals surface area contributed by atoms with Crippen molar-refractivity contribution in [2.24, 2.45) is 5.92 Å². The molecule has 1 aliphatic carbocycles. The van der Waals surface area contributed by atoms with Crippen molar-refractivity contribution in [1.82, 2.24) is 0 Å². The molecule has 1 saturated carbocycles. The number of hydrogen-bond acceptors (Lipinski definition) is 1. The molecule has 0 saturated heterocycles. The van der Waals surface area contributed by atoms with E-state index in [1.165, 1.54) is 6.21 Å².